The summed E-state index contributed by atoms with van der Waals surface area (Å²) in [4.78, 5) is 0. The molecule has 0 aliphatic carbocycles. The summed E-state index contributed by atoms with van der Waals surface area (Å²) < 4.78 is 31.0. The van der Waals surface area contributed by atoms with Crippen LogP contribution in [-0.2, 0) is 14.8 Å². The van der Waals surface area contributed by atoms with E-state index in [2.05, 4.69) is 0 Å². The van der Waals surface area contributed by atoms with Crippen molar-refractivity contribution < 1.29 is 13.2 Å². The number of methoxy groups -OCH3 is 1. The molecule has 0 N–H and O–H groups in total. The van der Waals surface area contributed by atoms with Gasteiger partial charge in [0.1, 0.15) is 0 Å². The Labute approximate surface area is 109 Å². The Bertz CT molecular complexity index is 319. The molecule has 2 atom stereocenters. The fraction of sp³-hybridized carbons (Fsp3) is 1.00. The van der Waals surface area contributed by atoms with Crippen molar-refractivity contribution in [2.45, 2.75) is 19.8 Å². The number of nitrogens with zero attached hydrogens (tertiary/aromatic N) is 1. The smallest absolute Gasteiger partial charge is 0.214 e. The average Bonchev–Trinajstić information content (AvgIpc) is 2.29. The number of sulfonamides is 1. The van der Waals surface area contributed by atoms with Gasteiger partial charge in [0.2, 0.25) is 10.0 Å². The predicted octanol–water partition coefficient (Wildman–Crippen LogP) is 1.55. The molecule has 1 aliphatic rings. The highest BCUT2D eigenvalue weighted by atomic mass is 35.5. The second kappa shape index (κ2) is 6.92. The Morgan fingerprint density at radius 1 is 1.53 bits per heavy atom. The minimum absolute atomic E-state index is 0.00414. The maximum atomic E-state index is 12.1. The number of hydrogen-bond donors (Lipinski definition) is 0. The largest absolute Gasteiger partial charge is 0.384 e. The van der Waals surface area contributed by atoms with E-state index in [1.807, 2.05) is 6.92 Å². The van der Waals surface area contributed by atoms with E-state index < -0.39 is 10.0 Å². The lowest BCUT2D eigenvalue weighted by Gasteiger charge is -2.32. The Hall–Kier alpha value is 0.160. The molecule has 0 spiro atoms. The van der Waals surface area contributed by atoms with E-state index in [0.717, 1.165) is 12.8 Å². The van der Waals surface area contributed by atoms with Crippen molar-refractivity contribution in [3.05, 3.63) is 0 Å². The van der Waals surface area contributed by atoms with E-state index in [0.29, 0.717) is 31.5 Å². The van der Waals surface area contributed by atoms with Crippen LogP contribution in [-0.4, -0.2) is 51.2 Å². The maximum absolute atomic E-state index is 12.1. The lowest BCUT2D eigenvalue weighted by Crippen LogP contribution is -2.43. The summed E-state index contributed by atoms with van der Waals surface area (Å²) >= 11 is 5.67. The Balaban J connectivity index is 2.58. The van der Waals surface area contributed by atoms with Crippen LogP contribution in [0.5, 0.6) is 0 Å². The zero-order chi connectivity index (χ0) is 12.9. The summed E-state index contributed by atoms with van der Waals surface area (Å²) in [7, 11) is -1.50. The van der Waals surface area contributed by atoms with Gasteiger partial charge in [0, 0.05) is 26.1 Å². The molecule has 1 heterocycles. The van der Waals surface area contributed by atoms with Crippen LogP contribution in [0, 0.1) is 11.8 Å². The van der Waals surface area contributed by atoms with E-state index in [1.165, 1.54) is 0 Å². The van der Waals surface area contributed by atoms with Crippen LogP contribution in [0.2, 0.25) is 0 Å². The zero-order valence-corrected chi connectivity index (χ0v) is 12.1. The summed E-state index contributed by atoms with van der Waals surface area (Å²) in [6, 6.07) is 0. The van der Waals surface area contributed by atoms with Crippen LogP contribution in [0.25, 0.3) is 0 Å². The Kier molecular flexibility index (Phi) is 6.20. The first kappa shape index (κ1) is 15.2. The number of hydrogen-bond acceptors (Lipinski definition) is 3. The number of halogens is 1. The molecule has 0 saturated carbocycles. The monoisotopic (exact) mass is 283 g/mol. The summed E-state index contributed by atoms with van der Waals surface area (Å²) in [5, 5.41) is 0. The van der Waals surface area contributed by atoms with Gasteiger partial charge in [-0.25, -0.2) is 12.7 Å². The number of alkyl halides is 1. The lowest BCUT2D eigenvalue weighted by atomic mass is 10.0. The third-order valence-electron chi connectivity index (χ3n) is 3.04. The van der Waals surface area contributed by atoms with Crippen LogP contribution < -0.4 is 0 Å². The van der Waals surface area contributed by atoms with E-state index in [9.17, 15) is 8.42 Å². The standard InChI is InChI=1S/C11H22ClNO3S/c1-10(6-12)9-17(14,15)13-5-3-4-11(7-13)8-16-2/h10-11H,3-9H2,1-2H3. The summed E-state index contributed by atoms with van der Waals surface area (Å²) in [5.41, 5.74) is 0. The molecule has 0 bridgehead atoms. The Morgan fingerprint density at radius 2 is 2.24 bits per heavy atom. The van der Waals surface area contributed by atoms with E-state index in [-0.39, 0.29) is 11.7 Å². The van der Waals surface area contributed by atoms with Crippen molar-refractivity contribution in [2.24, 2.45) is 11.8 Å². The van der Waals surface area contributed by atoms with E-state index in [4.69, 9.17) is 16.3 Å². The first-order chi connectivity index (χ1) is 7.99. The van der Waals surface area contributed by atoms with Crippen molar-refractivity contribution in [1.82, 2.24) is 4.31 Å². The molecular weight excluding hydrogens is 262 g/mol. The van der Waals surface area contributed by atoms with Gasteiger partial charge in [-0.05, 0) is 24.7 Å². The second-order valence-electron chi connectivity index (χ2n) is 4.86. The number of ether oxygens (including phenoxy) is 1. The maximum Gasteiger partial charge on any atom is 0.214 e. The molecule has 0 aromatic rings. The van der Waals surface area contributed by atoms with Gasteiger partial charge in [0.25, 0.3) is 0 Å². The molecule has 1 rings (SSSR count). The first-order valence-corrected chi connectivity index (χ1v) is 8.16. The molecule has 0 aromatic carbocycles. The molecule has 0 radical (unpaired) electrons. The normalized spacial score (nSPS) is 24.8. The molecule has 4 nitrogen and oxygen atoms in total. The molecule has 102 valence electrons. The number of piperidine rings is 1. The van der Waals surface area contributed by atoms with Gasteiger partial charge >= 0.3 is 0 Å². The van der Waals surface area contributed by atoms with Gasteiger partial charge in [-0.3, -0.25) is 0 Å². The van der Waals surface area contributed by atoms with Crippen molar-refractivity contribution in [1.29, 1.82) is 0 Å². The molecular formula is C11H22ClNO3S. The van der Waals surface area contributed by atoms with Gasteiger partial charge in [0.15, 0.2) is 0 Å². The van der Waals surface area contributed by atoms with Crippen molar-refractivity contribution in [3.8, 4) is 0 Å². The Morgan fingerprint density at radius 3 is 2.82 bits per heavy atom. The van der Waals surface area contributed by atoms with Crippen molar-refractivity contribution in [2.75, 3.05) is 38.4 Å². The summed E-state index contributed by atoms with van der Waals surface area (Å²) in [5.74, 6) is 0.865. The van der Waals surface area contributed by atoms with Gasteiger partial charge in [-0.2, -0.15) is 0 Å². The van der Waals surface area contributed by atoms with Crippen molar-refractivity contribution >= 4 is 21.6 Å². The fourth-order valence-electron chi connectivity index (χ4n) is 2.16. The van der Waals surface area contributed by atoms with Crippen LogP contribution in [0.1, 0.15) is 19.8 Å². The van der Waals surface area contributed by atoms with Gasteiger partial charge in [-0.1, -0.05) is 6.92 Å². The lowest BCUT2D eigenvalue weighted by molar-refractivity contribution is 0.118. The highest BCUT2D eigenvalue weighted by molar-refractivity contribution is 7.89. The van der Waals surface area contributed by atoms with Crippen LogP contribution in [0.3, 0.4) is 0 Å². The van der Waals surface area contributed by atoms with Gasteiger partial charge in [-0.15, -0.1) is 11.6 Å². The highest BCUT2D eigenvalue weighted by Crippen LogP contribution is 2.20. The molecule has 0 aromatic heterocycles. The minimum atomic E-state index is -3.15. The van der Waals surface area contributed by atoms with E-state index >= 15 is 0 Å². The molecule has 17 heavy (non-hydrogen) atoms. The minimum Gasteiger partial charge on any atom is -0.384 e. The quantitative estimate of drug-likeness (QED) is 0.695. The zero-order valence-electron chi connectivity index (χ0n) is 10.6. The molecule has 0 amide bonds. The fourth-order valence-corrected chi connectivity index (χ4v) is 4.29. The van der Waals surface area contributed by atoms with Crippen molar-refractivity contribution in [3.63, 3.8) is 0 Å². The first-order valence-electron chi connectivity index (χ1n) is 6.02. The average molecular weight is 284 g/mol. The molecule has 1 aliphatic heterocycles. The third-order valence-corrected chi connectivity index (χ3v) is 5.67. The van der Waals surface area contributed by atoms with Crippen LogP contribution >= 0.6 is 11.6 Å². The third kappa shape index (κ3) is 4.73. The molecule has 1 fully saturated rings. The van der Waals surface area contributed by atoms with Crippen LogP contribution in [0.4, 0.5) is 0 Å². The highest BCUT2D eigenvalue weighted by Gasteiger charge is 2.29. The van der Waals surface area contributed by atoms with Gasteiger partial charge < -0.3 is 4.74 Å². The predicted molar refractivity (Wildman–Crippen MR) is 69.8 cm³/mol. The molecule has 6 heteroatoms. The topological polar surface area (TPSA) is 46.6 Å². The molecule has 1 saturated heterocycles. The molecule has 2 unspecified atom stereocenters. The SMILES string of the molecule is COCC1CCCN(S(=O)(=O)CC(C)CCl)C1. The summed E-state index contributed by atoms with van der Waals surface area (Å²) in [6.45, 7) is 3.72. The summed E-state index contributed by atoms with van der Waals surface area (Å²) in [6.07, 6.45) is 1.97. The number of rotatable bonds is 6. The van der Waals surface area contributed by atoms with Crippen LogP contribution in [0.15, 0.2) is 0 Å². The second-order valence-corrected chi connectivity index (χ2v) is 7.18. The van der Waals surface area contributed by atoms with Gasteiger partial charge in [0.05, 0.1) is 12.4 Å². The van der Waals surface area contributed by atoms with E-state index in [1.54, 1.807) is 11.4 Å².